The van der Waals surface area contributed by atoms with E-state index in [0.29, 0.717) is 0 Å². The van der Waals surface area contributed by atoms with E-state index in [1.807, 2.05) is 4.72 Å². The van der Waals surface area contributed by atoms with Gasteiger partial charge < -0.3 is 20.4 Å². The van der Waals surface area contributed by atoms with Crippen LogP contribution < -0.4 is 4.72 Å². The third kappa shape index (κ3) is 5.51. The highest BCUT2D eigenvalue weighted by Gasteiger charge is 2.33. The second-order valence-electron chi connectivity index (χ2n) is 4.55. The zero-order valence-electron chi connectivity index (χ0n) is 11.0. The van der Waals surface area contributed by atoms with Crippen LogP contribution in [0.25, 0.3) is 0 Å². The van der Waals surface area contributed by atoms with Crippen LogP contribution in [-0.2, 0) is 14.8 Å². The second kappa shape index (κ2) is 7.27. The van der Waals surface area contributed by atoms with Crippen molar-refractivity contribution in [2.24, 2.45) is 0 Å². The molecule has 0 radical (unpaired) electrons. The average molecular weight is 299 g/mol. The van der Waals surface area contributed by atoms with Crippen LogP contribution in [0.4, 0.5) is 0 Å². The van der Waals surface area contributed by atoms with Crippen LogP contribution >= 0.6 is 0 Å². The number of nitrogens with one attached hydrogen (secondary N) is 1. The van der Waals surface area contributed by atoms with Crippen LogP contribution in [0.2, 0.25) is 0 Å². The lowest BCUT2D eigenvalue weighted by Gasteiger charge is -2.24. The van der Waals surface area contributed by atoms with E-state index in [2.05, 4.69) is 0 Å². The molecule has 0 aromatic rings. The van der Waals surface area contributed by atoms with Gasteiger partial charge in [0, 0.05) is 0 Å². The fraction of sp³-hybridized carbons (Fsp3) is 0.900. The molecule has 0 aliphatic heterocycles. The van der Waals surface area contributed by atoms with Gasteiger partial charge in [-0.2, -0.15) is 0 Å². The monoisotopic (exact) mass is 299 g/mol. The number of sulfonamides is 1. The predicted octanol–water partition coefficient (Wildman–Crippen LogP) is -2.65. The largest absolute Gasteiger partial charge is 0.391 e. The predicted molar refractivity (Wildman–Crippen MR) is 66.8 cm³/mol. The Morgan fingerprint density at radius 1 is 1.05 bits per heavy atom. The summed E-state index contributed by atoms with van der Waals surface area (Å²) in [6.07, 6.45) is -6.93. The molecule has 0 aromatic heterocycles. The fourth-order valence-electron chi connectivity index (χ4n) is 1.11. The molecular formula is C10H21NO7S. The van der Waals surface area contributed by atoms with Crippen molar-refractivity contribution >= 4 is 15.8 Å². The Bertz CT molecular complexity index is 393. The zero-order valence-corrected chi connectivity index (χ0v) is 11.8. The maximum atomic E-state index is 11.5. The van der Waals surface area contributed by atoms with Gasteiger partial charge in [-0.1, -0.05) is 0 Å². The number of hydrogen-bond acceptors (Lipinski definition) is 7. The molecule has 19 heavy (non-hydrogen) atoms. The van der Waals surface area contributed by atoms with Crippen molar-refractivity contribution in [1.82, 2.24) is 4.72 Å². The van der Waals surface area contributed by atoms with Gasteiger partial charge in [-0.05, 0) is 20.8 Å². The summed E-state index contributed by atoms with van der Waals surface area (Å²) >= 11 is 0. The van der Waals surface area contributed by atoms with Crippen LogP contribution in [0.5, 0.6) is 0 Å². The molecule has 8 nitrogen and oxygen atoms in total. The summed E-state index contributed by atoms with van der Waals surface area (Å²) < 4.78 is 24.7. The molecule has 0 aromatic carbocycles. The van der Waals surface area contributed by atoms with E-state index in [0.717, 1.165) is 0 Å². The zero-order chi connectivity index (χ0) is 15.4. The van der Waals surface area contributed by atoms with Gasteiger partial charge in [0.05, 0.1) is 17.9 Å². The Morgan fingerprint density at radius 3 is 1.89 bits per heavy atom. The molecule has 0 fully saturated rings. The minimum absolute atomic E-state index is 0.703. The van der Waals surface area contributed by atoms with E-state index >= 15 is 0 Å². The number of carbonyl (C=O) groups excluding carboxylic acids is 1. The minimum atomic E-state index is -3.66. The number of ketones is 1. The summed E-state index contributed by atoms with van der Waals surface area (Å²) in [6, 6.07) is 0. The summed E-state index contributed by atoms with van der Waals surface area (Å²) in [4.78, 5) is 11.5. The summed E-state index contributed by atoms with van der Waals surface area (Å²) in [7, 11) is -3.66. The first-order valence-corrected chi connectivity index (χ1v) is 7.28. The first-order valence-electron chi connectivity index (χ1n) is 5.74. The summed E-state index contributed by atoms with van der Waals surface area (Å²) in [5, 5.41) is 36.4. The Morgan fingerprint density at radius 2 is 1.53 bits per heavy atom. The lowest BCUT2D eigenvalue weighted by atomic mass is 10.0. The van der Waals surface area contributed by atoms with Crippen molar-refractivity contribution in [3.8, 4) is 0 Å². The smallest absolute Gasteiger partial charge is 0.214 e. The number of rotatable bonds is 8. The van der Waals surface area contributed by atoms with Crippen molar-refractivity contribution in [3.05, 3.63) is 0 Å². The third-order valence-electron chi connectivity index (χ3n) is 2.57. The number of hydrogen-bond donors (Lipinski definition) is 5. The van der Waals surface area contributed by atoms with E-state index in [9.17, 15) is 28.5 Å². The van der Waals surface area contributed by atoms with Gasteiger partial charge in [-0.3, -0.25) is 4.79 Å². The highest BCUT2D eigenvalue weighted by atomic mass is 32.2. The lowest BCUT2D eigenvalue weighted by Crippen LogP contribution is -2.49. The Balaban J connectivity index is 4.52. The molecule has 0 unspecified atom stereocenters. The van der Waals surface area contributed by atoms with Crippen molar-refractivity contribution in [2.45, 2.75) is 50.4 Å². The van der Waals surface area contributed by atoms with E-state index < -0.39 is 52.0 Å². The molecule has 0 aliphatic rings. The second-order valence-corrected chi connectivity index (χ2v) is 6.87. The molecule has 0 aliphatic carbocycles. The Labute approximate surface area is 112 Å². The SMILES string of the molecule is CC(C)S(=O)(=O)NCC(=O)[C@@H](O)[C@H](O)[C@H](O)[C@H](C)O. The summed E-state index contributed by atoms with van der Waals surface area (Å²) in [5.74, 6) is -1.00. The minimum Gasteiger partial charge on any atom is -0.391 e. The highest BCUT2D eigenvalue weighted by molar-refractivity contribution is 7.90. The van der Waals surface area contributed by atoms with Crippen LogP contribution in [0, 0.1) is 0 Å². The lowest BCUT2D eigenvalue weighted by molar-refractivity contribution is -0.142. The number of aliphatic hydroxyl groups excluding tert-OH is 4. The summed E-state index contributed by atoms with van der Waals surface area (Å²) in [6.45, 7) is 3.29. The quantitative estimate of drug-likeness (QED) is 0.329. The maximum Gasteiger partial charge on any atom is 0.214 e. The molecule has 0 saturated carbocycles. The Hall–Kier alpha value is -0.580. The van der Waals surface area contributed by atoms with E-state index in [4.69, 9.17) is 5.11 Å². The van der Waals surface area contributed by atoms with Gasteiger partial charge in [-0.25, -0.2) is 13.1 Å². The summed E-state index contributed by atoms with van der Waals surface area (Å²) in [5.41, 5.74) is 0. The van der Waals surface area contributed by atoms with E-state index in [1.54, 1.807) is 0 Å². The standard InChI is InChI=1S/C10H21NO7S/c1-5(2)19(17,18)11-4-7(13)9(15)10(16)8(14)6(3)12/h5-6,8-12,14-16H,4H2,1-3H3/t6-,8+,9+,10+/m0/s1. The van der Waals surface area contributed by atoms with Crippen LogP contribution in [-0.4, -0.2) is 70.8 Å². The van der Waals surface area contributed by atoms with Crippen LogP contribution in [0.3, 0.4) is 0 Å². The normalized spacial score (nSPS) is 18.9. The molecular weight excluding hydrogens is 278 g/mol. The van der Waals surface area contributed by atoms with Gasteiger partial charge >= 0.3 is 0 Å². The topological polar surface area (TPSA) is 144 Å². The van der Waals surface area contributed by atoms with E-state index in [1.165, 1.54) is 20.8 Å². The molecule has 0 amide bonds. The van der Waals surface area contributed by atoms with Crippen molar-refractivity contribution < 1.29 is 33.6 Å². The van der Waals surface area contributed by atoms with Crippen molar-refractivity contribution in [2.75, 3.05) is 6.54 Å². The van der Waals surface area contributed by atoms with Gasteiger partial charge in [0.15, 0.2) is 5.78 Å². The maximum absolute atomic E-state index is 11.5. The van der Waals surface area contributed by atoms with Crippen LogP contribution in [0.1, 0.15) is 20.8 Å². The van der Waals surface area contributed by atoms with Gasteiger partial charge in [-0.15, -0.1) is 0 Å². The molecule has 114 valence electrons. The van der Waals surface area contributed by atoms with Gasteiger partial charge in [0.25, 0.3) is 0 Å². The molecule has 9 heteroatoms. The number of carbonyl (C=O) groups is 1. The average Bonchev–Trinajstić information content (AvgIpc) is 2.32. The highest BCUT2D eigenvalue weighted by Crippen LogP contribution is 2.06. The molecule has 0 rings (SSSR count). The molecule has 4 atom stereocenters. The fourth-order valence-corrected chi connectivity index (χ4v) is 1.78. The number of aliphatic hydroxyl groups is 4. The first-order chi connectivity index (χ1) is 8.50. The van der Waals surface area contributed by atoms with Gasteiger partial charge in [0.1, 0.15) is 18.3 Å². The number of Topliss-reactive ketones (excluding diaryl/α,β-unsaturated/α-hetero) is 1. The molecule has 0 bridgehead atoms. The Kier molecular flexibility index (Phi) is 7.05. The molecule has 0 saturated heterocycles. The molecule has 0 spiro atoms. The third-order valence-corrected chi connectivity index (χ3v) is 4.35. The van der Waals surface area contributed by atoms with E-state index in [-0.39, 0.29) is 0 Å². The van der Waals surface area contributed by atoms with Gasteiger partial charge in [0.2, 0.25) is 10.0 Å². The molecule has 0 heterocycles. The molecule has 5 N–H and O–H groups in total. The van der Waals surface area contributed by atoms with Crippen molar-refractivity contribution in [3.63, 3.8) is 0 Å². The van der Waals surface area contributed by atoms with Crippen LogP contribution in [0.15, 0.2) is 0 Å². The van der Waals surface area contributed by atoms with Crippen molar-refractivity contribution in [1.29, 1.82) is 0 Å². The first kappa shape index (κ1) is 18.4.